The number of anilines is 1. The third-order valence-corrected chi connectivity index (χ3v) is 5.26. The third-order valence-electron chi connectivity index (χ3n) is 5.26. The molecule has 2 atom stereocenters. The van der Waals surface area contributed by atoms with E-state index in [-0.39, 0.29) is 17.9 Å². The van der Waals surface area contributed by atoms with Crippen molar-refractivity contribution in [2.45, 2.75) is 32.7 Å². The summed E-state index contributed by atoms with van der Waals surface area (Å²) in [4.78, 5) is 28.9. The van der Waals surface area contributed by atoms with Crippen molar-refractivity contribution >= 4 is 17.5 Å². The van der Waals surface area contributed by atoms with E-state index in [0.29, 0.717) is 32.2 Å². The number of carbonyl (C=O) groups is 2. The van der Waals surface area contributed by atoms with Crippen LogP contribution in [0, 0.1) is 5.92 Å². The highest BCUT2D eigenvalue weighted by molar-refractivity contribution is 6.00. The smallest absolute Gasteiger partial charge is 0.256 e. The molecule has 1 aromatic rings. The number of benzene rings is 1. The molecule has 0 radical (unpaired) electrons. The zero-order valence-electron chi connectivity index (χ0n) is 15.7. The Morgan fingerprint density at radius 1 is 1.19 bits per heavy atom. The van der Waals surface area contributed by atoms with E-state index < -0.39 is 0 Å². The highest BCUT2D eigenvalue weighted by atomic mass is 16.5. The number of amides is 2. The molecule has 0 bridgehead atoms. The van der Waals surface area contributed by atoms with Crippen LogP contribution in [0.3, 0.4) is 0 Å². The lowest BCUT2D eigenvalue weighted by molar-refractivity contribution is -0.119. The standard InChI is InChI=1S/C20H29N3O3/c1-3-6-16-13-23(14-18(16)21-15(2)24)20(25)17-7-4-5-8-19(17)22-9-11-26-12-10-22/h4-5,7-8,16,18H,3,6,9-14H2,1-2H3,(H,21,24)/t16-,18-/m1/s1. The van der Waals surface area contributed by atoms with E-state index in [1.165, 1.54) is 0 Å². The Balaban J connectivity index is 1.78. The number of nitrogens with one attached hydrogen (secondary N) is 1. The molecule has 0 saturated carbocycles. The van der Waals surface area contributed by atoms with Crippen molar-refractivity contribution < 1.29 is 14.3 Å². The predicted octanol–water partition coefficient (Wildman–Crippen LogP) is 1.90. The minimum absolute atomic E-state index is 0.0286. The Hall–Kier alpha value is -2.08. The number of carbonyl (C=O) groups excluding carboxylic acids is 2. The second kappa shape index (κ2) is 8.54. The van der Waals surface area contributed by atoms with E-state index in [4.69, 9.17) is 4.74 Å². The second-order valence-corrected chi connectivity index (χ2v) is 7.18. The zero-order valence-corrected chi connectivity index (χ0v) is 15.7. The first-order chi connectivity index (χ1) is 12.6. The Labute approximate surface area is 155 Å². The van der Waals surface area contributed by atoms with Crippen LogP contribution in [0.25, 0.3) is 0 Å². The van der Waals surface area contributed by atoms with Gasteiger partial charge in [0.15, 0.2) is 0 Å². The fourth-order valence-corrected chi connectivity index (χ4v) is 4.03. The van der Waals surface area contributed by atoms with Gasteiger partial charge in [-0.05, 0) is 24.5 Å². The molecule has 2 saturated heterocycles. The van der Waals surface area contributed by atoms with Crippen LogP contribution < -0.4 is 10.2 Å². The van der Waals surface area contributed by atoms with Crippen molar-refractivity contribution in [3.63, 3.8) is 0 Å². The maximum absolute atomic E-state index is 13.2. The Kier molecular flexibility index (Phi) is 6.14. The van der Waals surface area contributed by atoms with E-state index in [1.54, 1.807) is 6.92 Å². The molecule has 2 aliphatic heterocycles. The first-order valence-corrected chi connectivity index (χ1v) is 9.58. The van der Waals surface area contributed by atoms with Crippen LogP contribution in [0.1, 0.15) is 37.0 Å². The molecule has 6 heteroatoms. The summed E-state index contributed by atoms with van der Waals surface area (Å²) < 4.78 is 5.44. The van der Waals surface area contributed by atoms with Gasteiger partial charge < -0.3 is 19.9 Å². The average Bonchev–Trinajstić information content (AvgIpc) is 3.04. The normalized spacial score (nSPS) is 23.2. The predicted molar refractivity (Wildman–Crippen MR) is 101 cm³/mol. The molecular weight excluding hydrogens is 330 g/mol. The highest BCUT2D eigenvalue weighted by Crippen LogP contribution is 2.27. The quantitative estimate of drug-likeness (QED) is 0.872. The van der Waals surface area contributed by atoms with Crippen LogP contribution in [0.4, 0.5) is 5.69 Å². The van der Waals surface area contributed by atoms with E-state index in [2.05, 4.69) is 17.1 Å². The molecule has 0 spiro atoms. The minimum atomic E-state index is -0.0286. The Bertz CT molecular complexity index is 643. The van der Waals surface area contributed by atoms with Gasteiger partial charge in [0.05, 0.1) is 24.8 Å². The van der Waals surface area contributed by atoms with Gasteiger partial charge in [0.1, 0.15) is 0 Å². The lowest BCUT2D eigenvalue weighted by Gasteiger charge is -2.31. The molecule has 142 valence electrons. The Morgan fingerprint density at radius 3 is 2.62 bits per heavy atom. The van der Waals surface area contributed by atoms with Gasteiger partial charge in [-0.25, -0.2) is 0 Å². The van der Waals surface area contributed by atoms with Gasteiger partial charge in [-0.3, -0.25) is 9.59 Å². The third kappa shape index (κ3) is 4.18. The highest BCUT2D eigenvalue weighted by Gasteiger charge is 2.36. The summed E-state index contributed by atoms with van der Waals surface area (Å²) in [6, 6.07) is 7.87. The summed E-state index contributed by atoms with van der Waals surface area (Å²) in [6.45, 7) is 7.96. The van der Waals surface area contributed by atoms with Gasteiger partial charge in [0.25, 0.3) is 5.91 Å². The van der Waals surface area contributed by atoms with Crippen LogP contribution in [-0.4, -0.2) is 62.1 Å². The van der Waals surface area contributed by atoms with Crippen LogP contribution in [0.2, 0.25) is 0 Å². The number of morpholine rings is 1. The van der Waals surface area contributed by atoms with Crippen molar-refractivity contribution in [3.05, 3.63) is 29.8 Å². The van der Waals surface area contributed by atoms with E-state index in [1.807, 2.05) is 29.2 Å². The molecule has 1 N–H and O–H groups in total. The number of para-hydroxylation sites is 1. The molecule has 2 aliphatic rings. The second-order valence-electron chi connectivity index (χ2n) is 7.18. The molecule has 2 heterocycles. The van der Waals surface area contributed by atoms with Crippen molar-refractivity contribution in [1.82, 2.24) is 10.2 Å². The van der Waals surface area contributed by atoms with Crippen molar-refractivity contribution in [2.75, 3.05) is 44.3 Å². The molecule has 2 fully saturated rings. The molecule has 1 aromatic carbocycles. The van der Waals surface area contributed by atoms with E-state index in [0.717, 1.165) is 37.2 Å². The molecular formula is C20H29N3O3. The summed E-state index contributed by atoms with van der Waals surface area (Å²) in [7, 11) is 0. The lowest BCUT2D eigenvalue weighted by Crippen LogP contribution is -2.40. The topological polar surface area (TPSA) is 61.9 Å². The first kappa shape index (κ1) is 18.7. The fraction of sp³-hybridized carbons (Fsp3) is 0.600. The zero-order chi connectivity index (χ0) is 18.5. The molecule has 0 aliphatic carbocycles. The minimum Gasteiger partial charge on any atom is -0.378 e. The number of ether oxygens (including phenoxy) is 1. The first-order valence-electron chi connectivity index (χ1n) is 9.58. The van der Waals surface area contributed by atoms with Gasteiger partial charge in [0.2, 0.25) is 5.91 Å². The molecule has 3 rings (SSSR count). The molecule has 26 heavy (non-hydrogen) atoms. The van der Waals surface area contributed by atoms with Gasteiger partial charge in [-0.15, -0.1) is 0 Å². The van der Waals surface area contributed by atoms with Gasteiger partial charge in [-0.2, -0.15) is 0 Å². The molecule has 0 unspecified atom stereocenters. The fourth-order valence-electron chi connectivity index (χ4n) is 4.03. The summed E-state index contributed by atoms with van der Waals surface area (Å²) >= 11 is 0. The number of nitrogens with zero attached hydrogens (tertiary/aromatic N) is 2. The van der Waals surface area contributed by atoms with E-state index in [9.17, 15) is 9.59 Å². The Morgan fingerprint density at radius 2 is 1.92 bits per heavy atom. The maximum atomic E-state index is 13.2. The van der Waals surface area contributed by atoms with Crippen LogP contribution in [0.5, 0.6) is 0 Å². The van der Waals surface area contributed by atoms with Gasteiger partial charge in [-0.1, -0.05) is 25.5 Å². The number of hydrogen-bond acceptors (Lipinski definition) is 4. The SMILES string of the molecule is CCC[C@@H]1CN(C(=O)c2ccccc2N2CCOCC2)C[C@H]1NC(C)=O. The van der Waals surface area contributed by atoms with Crippen LogP contribution >= 0.6 is 0 Å². The summed E-state index contributed by atoms with van der Waals surface area (Å²) in [6.07, 6.45) is 2.06. The maximum Gasteiger partial charge on any atom is 0.256 e. The van der Waals surface area contributed by atoms with E-state index >= 15 is 0 Å². The largest absolute Gasteiger partial charge is 0.378 e. The van der Waals surface area contributed by atoms with Crippen molar-refractivity contribution in [3.8, 4) is 0 Å². The molecule has 0 aromatic heterocycles. The van der Waals surface area contributed by atoms with Crippen molar-refractivity contribution in [1.29, 1.82) is 0 Å². The van der Waals surface area contributed by atoms with Crippen LogP contribution in [0.15, 0.2) is 24.3 Å². The summed E-state index contributed by atoms with van der Waals surface area (Å²) in [5, 5.41) is 3.03. The number of hydrogen-bond donors (Lipinski definition) is 1. The van der Waals surface area contributed by atoms with Crippen LogP contribution in [-0.2, 0) is 9.53 Å². The average molecular weight is 359 g/mol. The monoisotopic (exact) mass is 359 g/mol. The summed E-state index contributed by atoms with van der Waals surface area (Å²) in [5.41, 5.74) is 1.73. The lowest BCUT2D eigenvalue weighted by atomic mass is 9.98. The number of likely N-dealkylation sites (tertiary alicyclic amines) is 1. The van der Waals surface area contributed by atoms with Crippen molar-refractivity contribution in [2.24, 2.45) is 5.92 Å². The van der Waals surface area contributed by atoms with Gasteiger partial charge >= 0.3 is 0 Å². The molecule has 2 amide bonds. The number of rotatable bonds is 5. The summed E-state index contributed by atoms with van der Waals surface area (Å²) in [5.74, 6) is 0.351. The molecule has 6 nitrogen and oxygen atoms in total. The van der Waals surface area contributed by atoms with Gasteiger partial charge in [0, 0.05) is 38.8 Å².